The maximum atomic E-state index is 10.4. The Balaban J connectivity index is 2.88. The van der Waals surface area contributed by atoms with E-state index in [4.69, 9.17) is 17.3 Å². The van der Waals surface area contributed by atoms with Crippen molar-refractivity contribution in [3.8, 4) is 0 Å². The van der Waals surface area contributed by atoms with Crippen molar-refractivity contribution >= 4 is 16.8 Å². The lowest BCUT2D eigenvalue weighted by Gasteiger charge is -2.00. The van der Waals surface area contributed by atoms with Crippen molar-refractivity contribution in [3.05, 3.63) is 0 Å². The summed E-state index contributed by atoms with van der Waals surface area (Å²) in [6.07, 6.45) is 10.1. The van der Waals surface area contributed by atoms with Gasteiger partial charge in [0.2, 0.25) is 5.24 Å². The van der Waals surface area contributed by atoms with Crippen molar-refractivity contribution in [2.45, 2.75) is 57.8 Å². The van der Waals surface area contributed by atoms with Crippen LogP contribution in [0, 0.1) is 0 Å². The maximum Gasteiger partial charge on any atom is 0.221 e. The predicted molar refractivity (Wildman–Crippen MR) is 61.5 cm³/mol. The first kappa shape index (κ1) is 13.9. The number of nitrogens with two attached hydrogens (primary N) is 1. The average Bonchev–Trinajstić information content (AvgIpc) is 2.15. The van der Waals surface area contributed by atoms with Crippen LogP contribution in [-0.2, 0) is 4.79 Å². The zero-order chi connectivity index (χ0) is 10.6. The summed E-state index contributed by atoms with van der Waals surface area (Å²) in [5.41, 5.74) is 5.39. The third-order valence-electron chi connectivity index (χ3n) is 2.33. The highest BCUT2D eigenvalue weighted by atomic mass is 35.5. The van der Waals surface area contributed by atoms with Gasteiger partial charge in [0.1, 0.15) is 0 Å². The fourth-order valence-corrected chi connectivity index (χ4v) is 1.60. The van der Waals surface area contributed by atoms with E-state index < -0.39 is 0 Å². The SMILES string of the molecule is NCCCCCCCCCCC(=O)Cl. The normalized spacial score (nSPS) is 10.4. The monoisotopic (exact) mass is 219 g/mol. The van der Waals surface area contributed by atoms with E-state index in [9.17, 15) is 4.79 Å². The Kier molecular flexibility index (Phi) is 10.9. The second kappa shape index (κ2) is 11.0. The molecule has 0 aromatic rings. The number of hydrogen-bond donors (Lipinski definition) is 1. The van der Waals surface area contributed by atoms with E-state index in [2.05, 4.69) is 0 Å². The maximum absolute atomic E-state index is 10.4. The number of halogens is 1. The van der Waals surface area contributed by atoms with Gasteiger partial charge in [-0.2, -0.15) is 0 Å². The van der Waals surface area contributed by atoms with E-state index in [0.717, 1.165) is 25.8 Å². The molecule has 3 heteroatoms. The van der Waals surface area contributed by atoms with E-state index in [1.807, 2.05) is 0 Å². The van der Waals surface area contributed by atoms with E-state index in [-0.39, 0.29) is 5.24 Å². The van der Waals surface area contributed by atoms with Crippen LogP contribution in [0.5, 0.6) is 0 Å². The van der Waals surface area contributed by atoms with E-state index in [1.165, 1.54) is 32.1 Å². The molecule has 84 valence electrons. The van der Waals surface area contributed by atoms with Gasteiger partial charge in [0, 0.05) is 6.42 Å². The van der Waals surface area contributed by atoms with Crippen molar-refractivity contribution in [2.75, 3.05) is 6.54 Å². The molecule has 0 rings (SSSR count). The van der Waals surface area contributed by atoms with Gasteiger partial charge in [-0.25, -0.2) is 0 Å². The van der Waals surface area contributed by atoms with E-state index >= 15 is 0 Å². The average molecular weight is 220 g/mol. The van der Waals surface area contributed by atoms with Crippen molar-refractivity contribution in [1.82, 2.24) is 0 Å². The van der Waals surface area contributed by atoms with Crippen LogP contribution in [0.3, 0.4) is 0 Å². The Morgan fingerprint density at radius 1 is 0.857 bits per heavy atom. The highest BCUT2D eigenvalue weighted by Crippen LogP contribution is 2.09. The minimum atomic E-state index is -0.201. The lowest BCUT2D eigenvalue weighted by atomic mass is 10.1. The smallest absolute Gasteiger partial charge is 0.221 e. The molecule has 0 amide bonds. The summed E-state index contributed by atoms with van der Waals surface area (Å²) in [4.78, 5) is 10.4. The topological polar surface area (TPSA) is 43.1 Å². The van der Waals surface area contributed by atoms with Crippen molar-refractivity contribution in [2.24, 2.45) is 5.73 Å². The molecule has 0 atom stereocenters. The second-order valence-electron chi connectivity index (χ2n) is 3.72. The molecule has 2 N–H and O–H groups in total. The van der Waals surface area contributed by atoms with Gasteiger partial charge in [0.05, 0.1) is 0 Å². The van der Waals surface area contributed by atoms with Crippen LogP contribution in [0.2, 0.25) is 0 Å². The second-order valence-corrected chi connectivity index (χ2v) is 4.14. The highest BCUT2D eigenvalue weighted by Gasteiger charge is 1.95. The quantitative estimate of drug-likeness (QED) is 0.453. The van der Waals surface area contributed by atoms with Crippen LogP contribution in [0.25, 0.3) is 0 Å². The van der Waals surface area contributed by atoms with E-state index in [0.29, 0.717) is 6.42 Å². The molecule has 0 spiro atoms. The molecule has 0 fully saturated rings. The summed E-state index contributed by atoms with van der Waals surface area (Å²) in [5.74, 6) is 0. The van der Waals surface area contributed by atoms with Gasteiger partial charge in [-0.15, -0.1) is 0 Å². The summed E-state index contributed by atoms with van der Waals surface area (Å²) in [6, 6.07) is 0. The molecular weight excluding hydrogens is 198 g/mol. The third kappa shape index (κ3) is 11.9. The third-order valence-corrected chi connectivity index (χ3v) is 2.52. The van der Waals surface area contributed by atoms with Crippen LogP contribution < -0.4 is 5.73 Å². The molecule has 0 radical (unpaired) electrons. The van der Waals surface area contributed by atoms with Crippen molar-refractivity contribution in [3.63, 3.8) is 0 Å². The number of carbonyl (C=O) groups is 1. The lowest BCUT2D eigenvalue weighted by molar-refractivity contribution is -0.111. The van der Waals surface area contributed by atoms with Gasteiger partial charge in [0.15, 0.2) is 0 Å². The molecule has 0 aliphatic carbocycles. The van der Waals surface area contributed by atoms with Gasteiger partial charge < -0.3 is 5.73 Å². The van der Waals surface area contributed by atoms with Gasteiger partial charge in [-0.3, -0.25) is 4.79 Å². The Morgan fingerprint density at radius 2 is 1.29 bits per heavy atom. The molecule has 0 saturated heterocycles. The first-order valence-corrected chi connectivity index (χ1v) is 6.03. The summed E-state index contributed by atoms with van der Waals surface area (Å²) in [5, 5.41) is -0.201. The molecule has 0 aromatic heterocycles. The zero-order valence-corrected chi connectivity index (χ0v) is 9.69. The van der Waals surface area contributed by atoms with Crippen molar-refractivity contribution < 1.29 is 4.79 Å². The van der Waals surface area contributed by atoms with Crippen LogP contribution >= 0.6 is 11.6 Å². The lowest BCUT2D eigenvalue weighted by Crippen LogP contribution is -1.97. The van der Waals surface area contributed by atoms with Gasteiger partial charge in [0.25, 0.3) is 0 Å². The molecule has 14 heavy (non-hydrogen) atoms. The molecule has 0 unspecified atom stereocenters. The Bertz CT molecular complexity index is 139. The molecule has 0 bridgehead atoms. The fraction of sp³-hybridized carbons (Fsp3) is 0.909. The zero-order valence-electron chi connectivity index (χ0n) is 8.93. The molecule has 0 aliphatic heterocycles. The minimum Gasteiger partial charge on any atom is -0.330 e. The molecular formula is C11H22ClNO. The van der Waals surface area contributed by atoms with Crippen LogP contribution in [-0.4, -0.2) is 11.8 Å². The largest absolute Gasteiger partial charge is 0.330 e. The highest BCUT2D eigenvalue weighted by molar-refractivity contribution is 6.63. The summed E-state index contributed by atoms with van der Waals surface area (Å²) in [7, 11) is 0. The molecule has 0 heterocycles. The standard InChI is InChI=1S/C11H22ClNO/c12-11(14)9-7-5-3-1-2-4-6-8-10-13/h1-10,13H2. The molecule has 0 saturated carbocycles. The van der Waals surface area contributed by atoms with Crippen LogP contribution in [0.15, 0.2) is 0 Å². The number of hydrogen-bond acceptors (Lipinski definition) is 2. The van der Waals surface area contributed by atoms with E-state index in [1.54, 1.807) is 0 Å². The first-order valence-electron chi connectivity index (χ1n) is 5.65. The van der Waals surface area contributed by atoms with Crippen LogP contribution in [0.1, 0.15) is 57.8 Å². The van der Waals surface area contributed by atoms with Crippen molar-refractivity contribution in [1.29, 1.82) is 0 Å². The molecule has 0 aromatic carbocycles. The van der Waals surface area contributed by atoms with Crippen LogP contribution in [0.4, 0.5) is 0 Å². The molecule has 0 aliphatic rings. The number of carbonyl (C=O) groups excluding carboxylic acids is 1. The van der Waals surface area contributed by atoms with Gasteiger partial charge in [-0.05, 0) is 31.0 Å². The Hall–Kier alpha value is -0.0800. The predicted octanol–water partition coefficient (Wildman–Crippen LogP) is 3.22. The summed E-state index contributed by atoms with van der Waals surface area (Å²) >= 11 is 5.22. The number of rotatable bonds is 10. The van der Waals surface area contributed by atoms with Gasteiger partial charge >= 0.3 is 0 Å². The van der Waals surface area contributed by atoms with Gasteiger partial charge in [-0.1, -0.05) is 38.5 Å². The Labute approximate surface area is 92.2 Å². The molecule has 2 nitrogen and oxygen atoms in total. The Morgan fingerprint density at radius 3 is 1.71 bits per heavy atom. The first-order chi connectivity index (χ1) is 6.77. The summed E-state index contributed by atoms with van der Waals surface area (Å²) < 4.78 is 0. The summed E-state index contributed by atoms with van der Waals surface area (Å²) in [6.45, 7) is 0.817. The number of unbranched alkanes of at least 4 members (excludes halogenated alkanes) is 7. The minimum absolute atomic E-state index is 0.201. The fourth-order valence-electron chi connectivity index (χ4n) is 1.47.